The van der Waals surface area contributed by atoms with Crippen LogP contribution in [-0.2, 0) is 0 Å². The first-order valence-electron chi connectivity index (χ1n) is 12.1. The molecule has 0 aliphatic rings. The minimum Gasteiger partial charge on any atom is -0.354 e. The maximum atomic E-state index is 3.84. The zero-order valence-electron chi connectivity index (χ0n) is 20.5. The first kappa shape index (κ1) is 23.1. The summed E-state index contributed by atoms with van der Waals surface area (Å²) < 4.78 is 0. The molecule has 0 aliphatic carbocycles. The van der Waals surface area contributed by atoms with Gasteiger partial charge in [-0.2, -0.15) is 0 Å². The number of aryl methyl sites for hydroxylation is 3. The van der Waals surface area contributed by atoms with Crippen molar-refractivity contribution < 1.29 is 0 Å². The van der Waals surface area contributed by atoms with Crippen LogP contribution in [0.2, 0.25) is 0 Å². The molecule has 35 heavy (non-hydrogen) atoms. The van der Waals surface area contributed by atoms with E-state index in [0.29, 0.717) is 0 Å². The number of rotatable bonds is 6. The summed E-state index contributed by atoms with van der Waals surface area (Å²) in [7, 11) is -0.758. The van der Waals surface area contributed by atoms with E-state index in [2.05, 4.69) is 147 Å². The van der Waals surface area contributed by atoms with Gasteiger partial charge < -0.3 is 5.32 Å². The Bertz CT molecular complexity index is 1360. The molecule has 0 saturated carbocycles. The maximum absolute atomic E-state index is 3.84. The highest BCUT2D eigenvalue weighted by molar-refractivity contribution is 7.80. The Kier molecular flexibility index (Phi) is 6.80. The van der Waals surface area contributed by atoms with Gasteiger partial charge in [0.15, 0.2) is 0 Å². The van der Waals surface area contributed by atoms with Crippen molar-refractivity contribution >= 4 is 35.2 Å². The van der Waals surface area contributed by atoms with Crippen LogP contribution < -0.4 is 21.2 Å². The fraction of sp³-hybridized carbons (Fsp3) is 0.0909. The molecule has 172 valence electrons. The van der Waals surface area contributed by atoms with Gasteiger partial charge in [0.1, 0.15) is 0 Å². The second-order valence-corrected chi connectivity index (χ2v) is 11.2. The standard InChI is InChI=1S/C33H30NP/c1-24-22-25(2)32(26(3)23-24)30-20-13-21-31(33(30)34-27-14-7-4-8-15-27)35(28-16-9-5-10-17-28)29-18-11-6-12-19-29/h4-23,34H,1-3H3. The van der Waals surface area contributed by atoms with Crippen LogP contribution in [0, 0.1) is 20.8 Å². The molecule has 5 aromatic carbocycles. The average Bonchev–Trinajstić information content (AvgIpc) is 2.87. The highest BCUT2D eigenvalue weighted by Crippen LogP contribution is 2.42. The molecule has 0 atom stereocenters. The number of benzene rings is 5. The van der Waals surface area contributed by atoms with Crippen LogP contribution in [0.15, 0.2) is 121 Å². The second kappa shape index (κ2) is 10.3. The summed E-state index contributed by atoms with van der Waals surface area (Å²) in [6.45, 7) is 6.63. The summed E-state index contributed by atoms with van der Waals surface area (Å²) in [4.78, 5) is 0. The van der Waals surface area contributed by atoms with Crippen LogP contribution in [-0.4, -0.2) is 0 Å². The predicted octanol–water partition coefficient (Wildman–Crippen LogP) is 7.78. The monoisotopic (exact) mass is 471 g/mol. The Hall–Kier alpha value is -3.67. The Morgan fingerprint density at radius 3 is 1.60 bits per heavy atom. The Morgan fingerprint density at radius 1 is 0.543 bits per heavy atom. The SMILES string of the molecule is Cc1cc(C)c(-c2cccc(P(c3ccccc3)c3ccccc3)c2Nc2ccccc2)c(C)c1. The van der Waals surface area contributed by atoms with Crippen LogP contribution in [0.1, 0.15) is 16.7 Å². The van der Waals surface area contributed by atoms with Crippen molar-refractivity contribution in [3.8, 4) is 11.1 Å². The fourth-order valence-corrected chi connectivity index (χ4v) is 7.35. The van der Waals surface area contributed by atoms with Crippen LogP contribution in [0.4, 0.5) is 11.4 Å². The molecule has 0 spiro atoms. The summed E-state index contributed by atoms with van der Waals surface area (Å²) in [6, 6.07) is 43.7. The predicted molar refractivity (Wildman–Crippen MR) is 155 cm³/mol. The van der Waals surface area contributed by atoms with Crippen LogP contribution >= 0.6 is 7.92 Å². The first-order chi connectivity index (χ1) is 17.1. The Morgan fingerprint density at radius 2 is 1.06 bits per heavy atom. The summed E-state index contributed by atoms with van der Waals surface area (Å²) in [5.74, 6) is 0. The largest absolute Gasteiger partial charge is 0.354 e. The molecule has 0 saturated heterocycles. The van der Waals surface area contributed by atoms with Gasteiger partial charge in [0.25, 0.3) is 0 Å². The van der Waals surface area contributed by atoms with Crippen molar-refractivity contribution in [3.63, 3.8) is 0 Å². The molecule has 0 unspecified atom stereocenters. The minimum atomic E-state index is -0.758. The maximum Gasteiger partial charge on any atom is 0.0548 e. The normalized spacial score (nSPS) is 11.0. The lowest BCUT2D eigenvalue weighted by molar-refractivity contribution is 1.32. The third-order valence-corrected chi connectivity index (χ3v) is 8.79. The lowest BCUT2D eigenvalue weighted by Gasteiger charge is -2.26. The highest BCUT2D eigenvalue weighted by atomic mass is 31.1. The number of para-hydroxylation sites is 2. The van der Waals surface area contributed by atoms with E-state index >= 15 is 0 Å². The molecule has 0 fully saturated rings. The van der Waals surface area contributed by atoms with E-state index in [4.69, 9.17) is 0 Å². The molecular weight excluding hydrogens is 441 g/mol. The van der Waals surface area contributed by atoms with E-state index in [1.807, 2.05) is 0 Å². The lowest BCUT2D eigenvalue weighted by Crippen LogP contribution is -2.23. The van der Waals surface area contributed by atoms with E-state index in [1.54, 1.807) is 0 Å². The van der Waals surface area contributed by atoms with Gasteiger partial charge in [-0.1, -0.05) is 115 Å². The van der Waals surface area contributed by atoms with Crippen LogP contribution in [0.3, 0.4) is 0 Å². The molecule has 1 nitrogen and oxygen atoms in total. The van der Waals surface area contributed by atoms with E-state index in [0.717, 1.165) is 5.69 Å². The van der Waals surface area contributed by atoms with Gasteiger partial charge in [-0.3, -0.25) is 0 Å². The molecule has 5 rings (SSSR count). The van der Waals surface area contributed by atoms with Crippen molar-refractivity contribution in [1.29, 1.82) is 0 Å². The Labute approximate surface area is 210 Å². The zero-order valence-corrected chi connectivity index (χ0v) is 21.4. The third kappa shape index (κ3) is 4.92. The smallest absolute Gasteiger partial charge is 0.0548 e. The van der Waals surface area contributed by atoms with E-state index in [-0.39, 0.29) is 0 Å². The summed E-state index contributed by atoms with van der Waals surface area (Å²) in [5.41, 5.74) is 8.76. The summed E-state index contributed by atoms with van der Waals surface area (Å²) in [6.07, 6.45) is 0. The molecular formula is C33H30NP. The van der Waals surface area contributed by atoms with Gasteiger partial charge >= 0.3 is 0 Å². The fourth-order valence-electron chi connectivity index (χ4n) is 4.92. The highest BCUT2D eigenvalue weighted by Gasteiger charge is 2.23. The summed E-state index contributed by atoms with van der Waals surface area (Å²) in [5, 5.41) is 7.87. The average molecular weight is 472 g/mol. The molecule has 0 amide bonds. The minimum absolute atomic E-state index is 0.758. The van der Waals surface area contributed by atoms with E-state index in [1.165, 1.54) is 49.4 Å². The van der Waals surface area contributed by atoms with Crippen LogP contribution in [0.25, 0.3) is 11.1 Å². The van der Waals surface area contributed by atoms with Crippen molar-refractivity contribution in [2.45, 2.75) is 20.8 Å². The topological polar surface area (TPSA) is 12.0 Å². The molecule has 5 aromatic rings. The number of anilines is 2. The van der Waals surface area contributed by atoms with Crippen molar-refractivity contribution in [3.05, 3.63) is 138 Å². The van der Waals surface area contributed by atoms with Crippen molar-refractivity contribution in [2.24, 2.45) is 0 Å². The number of hydrogen-bond donors (Lipinski definition) is 1. The summed E-state index contributed by atoms with van der Waals surface area (Å²) >= 11 is 0. The van der Waals surface area contributed by atoms with Gasteiger partial charge in [-0.05, 0) is 68.1 Å². The van der Waals surface area contributed by atoms with Gasteiger partial charge in [0, 0.05) is 16.6 Å². The number of nitrogens with one attached hydrogen (secondary N) is 1. The van der Waals surface area contributed by atoms with Gasteiger partial charge in [-0.25, -0.2) is 0 Å². The van der Waals surface area contributed by atoms with Crippen LogP contribution in [0.5, 0.6) is 0 Å². The molecule has 0 heterocycles. The molecule has 0 bridgehead atoms. The van der Waals surface area contributed by atoms with E-state index < -0.39 is 7.92 Å². The quantitative estimate of drug-likeness (QED) is 0.249. The molecule has 2 heteroatoms. The van der Waals surface area contributed by atoms with Gasteiger partial charge in [0.05, 0.1) is 5.69 Å². The molecule has 0 aromatic heterocycles. The molecule has 0 radical (unpaired) electrons. The van der Waals surface area contributed by atoms with Gasteiger partial charge in [-0.15, -0.1) is 0 Å². The first-order valence-corrected chi connectivity index (χ1v) is 13.4. The Balaban J connectivity index is 1.79. The molecule has 0 aliphatic heterocycles. The van der Waals surface area contributed by atoms with Crippen molar-refractivity contribution in [1.82, 2.24) is 0 Å². The number of hydrogen-bond acceptors (Lipinski definition) is 1. The van der Waals surface area contributed by atoms with Gasteiger partial charge in [0.2, 0.25) is 0 Å². The zero-order chi connectivity index (χ0) is 24.2. The third-order valence-electron chi connectivity index (χ3n) is 6.30. The second-order valence-electron chi connectivity index (χ2n) is 8.97. The van der Waals surface area contributed by atoms with Crippen molar-refractivity contribution in [2.75, 3.05) is 5.32 Å². The molecule has 1 N–H and O–H groups in total. The van der Waals surface area contributed by atoms with E-state index in [9.17, 15) is 0 Å². The lowest BCUT2D eigenvalue weighted by atomic mass is 9.92.